The first-order valence-corrected chi connectivity index (χ1v) is 6.73. The second-order valence-electron chi connectivity index (χ2n) is 4.42. The monoisotopic (exact) mass is 271 g/mol. The van der Waals surface area contributed by atoms with E-state index in [1.807, 2.05) is 4.90 Å². The van der Waals surface area contributed by atoms with Crippen molar-refractivity contribution < 1.29 is 4.79 Å². The molecular weight excluding hydrogens is 257 g/mol. The van der Waals surface area contributed by atoms with Gasteiger partial charge in [-0.2, -0.15) is 0 Å². The molecule has 1 fully saturated rings. The van der Waals surface area contributed by atoms with Gasteiger partial charge in [0.25, 0.3) is 5.91 Å². The molecule has 0 bridgehead atoms. The number of rotatable bonds is 2. The van der Waals surface area contributed by atoms with E-state index in [4.69, 9.17) is 23.2 Å². The van der Waals surface area contributed by atoms with Crippen molar-refractivity contribution in [3.05, 3.63) is 34.9 Å². The lowest BCUT2D eigenvalue weighted by Gasteiger charge is -2.31. The maximum Gasteiger partial charge on any atom is 0.253 e. The number of alkyl halides is 1. The molecule has 1 aromatic carbocycles. The first-order chi connectivity index (χ1) is 8.20. The van der Waals surface area contributed by atoms with Crippen LogP contribution in [0.4, 0.5) is 0 Å². The van der Waals surface area contributed by atoms with E-state index in [1.165, 1.54) is 0 Å². The van der Waals surface area contributed by atoms with Gasteiger partial charge in [-0.25, -0.2) is 0 Å². The Kier molecular flexibility index (Phi) is 4.30. The van der Waals surface area contributed by atoms with Crippen molar-refractivity contribution in [2.45, 2.75) is 12.8 Å². The second kappa shape index (κ2) is 5.74. The van der Waals surface area contributed by atoms with E-state index >= 15 is 0 Å². The summed E-state index contributed by atoms with van der Waals surface area (Å²) in [5.41, 5.74) is 0.660. The third-order valence-electron chi connectivity index (χ3n) is 3.10. The van der Waals surface area contributed by atoms with Gasteiger partial charge in [0.05, 0.1) is 0 Å². The van der Waals surface area contributed by atoms with Gasteiger partial charge in [0.1, 0.15) is 0 Å². The van der Waals surface area contributed by atoms with Crippen molar-refractivity contribution >= 4 is 29.1 Å². The van der Waals surface area contributed by atoms with Crippen LogP contribution in [-0.4, -0.2) is 29.8 Å². The lowest BCUT2D eigenvalue weighted by molar-refractivity contribution is 0.0685. The Morgan fingerprint density at radius 3 is 3.00 bits per heavy atom. The number of hydrogen-bond acceptors (Lipinski definition) is 1. The molecule has 1 aliphatic heterocycles. The first kappa shape index (κ1) is 12.7. The highest BCUT2D eigenvalue weighted by Gasteiger charge is 2.23. The van der Waals surface area contributed by atoms with Gasteiger partial charge in [-0.05, 0) is 37.0 Å². The van der Waals surface area contributed by atoms with Gasteiger partial charge in [-0.15, -0.1) is 11.6 Å². The third-order valence-corrected chi connectivity index (χ3v) is 3.77. The van der Waals surface area contributed by atoms with Gasteiger partial charge in [0.15, 0.2) is 0 Å². The summed E-state index contributed by atoms with van der Waals surface area (Å²) >= 11 is 11.8. The summed E-state index contributed by atoms with van der Waals surface area (Å²) in [6.45, 7) is 1.58. The second-order valence-corrected chi connectivity index (χ2v) is 5.17. The molecule has 1 atom stereocenters. The van der Waals surface area contributed by atoms with Crippen LogP contribution in [0.2, 0.25) is 5.02 Å². The van der Waals surface area contributed by atoms with E-state index in [-0.39, 0.29) is 5.91 Å². The number of benzene rings is 1. The summed E-state index contributed by atoms with van der Waals surface area (Å²) in [6.07, 6.45) is 2.15. The molecule has 92 valence electrons. The van der Waals surface area contributed by atoms with Gasteiger partial charge >= 0.3 is 0 Å². The quantitative estimate of drug-likeness (QED) is 0.755. The fourth-order valence-corrected chi connectivity index (χ4v) is 2.62. The van der Waals surface area contributed by atoms with E-state index in [1.54, 1.807) is 24.3 Å². The maximum atomic E-state index is 12.2. The number of piperidine rings is 1. The Balaban J connectivity index is 2.09. The molecule has 1 unspecified atom stereocenters. The normalized spacial score (nSPS) is 20.4. The molecule has 1 saturated heterocycles. The van der Waals surface area contributed by atoms with Crippen LogP contribution >= 0.6 is 23.2 Å². The minimum atomic E-state index is 0.0577. The topological polar surface area (TPSA) is 20.3 Å². The number of nitrogens with zero attached hydrogens (tertiary/aromatic N) is 1. The first-order valence-electron chi connectivity index (χ1n) is 5.81. The highest BCUT2D eigenvalue weighted by atomic mass is 35.5. The fourth-order valence-electron chi connectivity index (χ4n) is 2.18. The molecular formula is C13H15Cl2NO. The number of halogens is 2. The highest BCUT2D eigenvalue weighted by molar-refractivity contribution is 6.30. The molecule has 0 aliphatic carbocycles. The Bertz CT molecular complexity index is 408. The minimum absolute atomic E-state index is 0.0577. The molecule has 1 aromatic rings. The predicted molar refractivity (Wildman–Crippen MR) is 70.8 cm³/mol. The summed E-state index contributed by atoms with van der Waals surface area (Å²) in [7, 11) is 0. The zero-order valence-corrected chi connectivity index (χ0v) is 11.0. The molecule has 0 radical (unpaired) electrons. The average Bonchev–Trinajstić information content (AvgIpc) is 2.38. The molecule has 4 heteroatoms. The minimum Gasteiger partial charge on any atom is -0.338 e. The summed E-state index contributed by atoms with van der Waals surface area (Å²) in [6, 6.07) is 7.10. The molecule has 0 aromatic heterocycles. The Morgan fingerprint density at radius 2 is 2.29 bits per heavy atom. The molecule has 0 spiro atoms. The van der Waals surface area contributed by atoms with Gasteiger partial charge in [0, 0.05) is 29.6 Å². The summed E-state index contributed by atoms with van der Waals surface area (Å²) in [5.74, 6) is 1.11. The number of carbonyl (C=O) groups excluding carboxylic acids is 1. The molecule has 1 amide bonds. The average molecular weight is 272 g/mol. The molecule has 2 rings (SSSR count). The molecule has 1 heterocycles. The Morgan fingerprint density at radius 1 is 1.47 bits per heavy atom. The van der Waals surface area contributed by atoms with Gasteiger partial charge < -0.3 is 4.90 Å². The van der Waals surface area contributed by atoms with E-state index in [0.717, 1.165) is 25.9 Å². The third kappa shape index (κ3) is 3.14. The van der Waals surface area contributed by atoms with Crippen LogP contribution in [0.1, 0.15) is 23.2 Å². The zero-order chi connectivity index (χ0) is 12.3. The molecule has 2 nitrogen and oxygen atoms in total. The zero-order valence-electron chi connectivity index (χ0n) is 9.53. The molecule has 0 N–H and O–H groups in total. The van der Waals surface area contributed by atoms with E-state index in [2.05, 4.69) is 0 Å². The number of hydrogen-bond donors (Lipinski definition) is 0. The van der Waals surface area contributed by atoms with Crippen molar-refractivity contribution in [2.24, 2.45) is 5.92 Å². The summed E-state index contributed by atoms with van der Waals surface area (Å²) in [4.78, 5) is 14.1. The molecule has 1 aliphatic rings. The van der Waals surface area contributed by atoms with Gasteiger partial charge in [-0.3, -0.25) is 4.79 Å². The van der Waals surface area contributed by atoms with Crippen molar-refractivity contribution in [3.8, 4) is 0 Å². The summed E-state index contributed by atoms with van der Waals surface area (Å²) < 4.78 is 0. The van der Waals surface area contributed by atoms with Crippen LogP contribution in [0.25, 0.3) is 0 Å². The number of amides is 1. The SMILES string of the molecule is O=C(c1cccc(Cl)c1)N1CCCC(CCl)C1. The molecule has 17 heavy (non-hydrogen) atoms. The number of carbonyl (C=O) groups is 1. The number of likely N-dealkylation sites (tertiary alicyclic amines) is 1. The lowest BCUT2D eigenvalue weighted by Crippen LogP contribution is -2.40. The van der Waals surface area contributed by atoms with Gasteiger partial charge in [-0.1, -0.05) is 17.7 Å². The Labute approximate surface area is 112 Å². The van der Waals surface area contributed by atoms with Gasteiger partial charge in [0.2, 0.25) is 0 Å². The van der Waals surface area contributed by atoms with E-state index in [0.29, 0.717) is 22.4 Å². The highest BCUT2D eigenvalue weighted by Crippen LogP contribution is 2.20. The van der Waals surface area contributed by atoms with Crippen LogP contribution in [0.5, 0.6) is 0 Å². The predicted octanol–water partition coefficient (Wildman–Crippen LogP) is 3.43. The fraction of sp³-hybridized carbons (Fsp3) is 0.462. The Hall–Kier alpha value is -0.730. The van der Waals surface area contributed by atoms with Crippen molar-refractivity contribution in [2.75, 3.05) is 19.0 Å². The summed E-state index contributed by atoms with van der Waals surface area (Å²) in [5, 5.41) is 0.599. The molecule has 0 saturated carbocycles. The largest absolute Gasteiger partial charge is 0.338 e. The van der Waals surface area contributed by atoms with E-state index in [9.17, 15) is 4.79 Å². The lowest BCUT2D eigenvalue weighted by atomic mass is 9.99. The van der Waals surface area contributed by atoms with Crippen LogP contribution < -0.4 is 0 Å². The van der Waals surface area contributed by atoms with E-state index < -0.39 is 0 Å². The van der Waals surface area contributed by atoms with Crippen LogP contribution in [0.3, 0.4) is 0 Å². The van der Waals surface area contributed by atoms with Crippen molar-refractivity contribution in [1.29, 1.82) is 0 Å². The van der Waals surface area contributed by atoms with Crippen molar-refractivity contribution in [3.63, 3.8) is 0 Å². The van der Waals surface area contributed by atoms with Crippen LogP contribution in [0, 0.1) is 5.92 Å². The van der Waals surface area contributed by atoms with Crippen molar-refractivity contribution in [1.82, 2.24) is 4.90 Å². The maximum absolute atomic E-state index is 12.2. The van der Waals surface area contributed by atoms with Crippen LogP contribution in [0.15, 0.2) is 24.3 Å². The van der Waals surface area contributed by atoms with Crippen LogP contribution in [-0.2, 0) is 0 Å². The standard InChI is InChI=1S/C13H15Cl2NO/c14-8-10-3-2-6-16(9-10)13(17)11-4-1-5-12(15)7-11/h1,4-5,7,10H,2-3,6,8-9H2. The smallest absolute Gasteiger partial charge is 0.253 e.